The summed E-state index contributed by atoms with van der Waals surface area (Å²) in [5.74, 6) is -1.68. The highest BCUT2D eigenvalue weighted by atomic mass is 16.6. The molecule has 2 unspecified atom stereocenters. The smallest absolute Gasteiger partial charge is 0.308 e. The van der Waals surface area contributed by atoms with E-state index in [9.17, 15) is 14.4 Å². The van der Waals surface area contributed by atoms with Crippen LogP contribution in [0, 0.1) is 11.8 Å². The molecular weight excluding hydrogens is 328 g/mol. The Morgan fingerprint density at radius 2 is 1.80 bits per heavy atom. The van der Waals surface area contributed by atoms with Gasteiger partial charge in [0.05, 0.1) is 44.1 Å². The molecule has 7 heteroatoms. The van der Waals surface area contributed by atoms with Crippen molar-refractivity contribution in [3.05, 3.63) is 23.3 Å². The van der Waals surface area contributed by atoms with Gasteiger partial charge in [-0.3, -0.25) is 14.4 Å². The van der Waals surface area contributed by atoms with Gasteiger partial charge >= 0.3 is 5.97 Å². The monoisotopic (exact) mass is 346 g/mol. The van der Waals surface area contributed by atoms with Crippen LogP contribution in [0.4, 0.5) is 0 Å². The summed E-state index contributed by atoms with van der Waals surface area (Å²) in [4.78, 5) is 38.1. The number of methoxy groups -OCH3 is 2. The topological polar surface area (TPSA) is 88.1 Å². The maximum absolute atomic E-state index is 13.2. The molecule has 0 radical (unpaired) electrons. The summed E-state index contributed by atoms with van der Waals surface area (Å²) in [6, 6.07) is 3.17. The number of hydrogen-bond acceptors (Lipinski definition) is 7. The average Bonchev–Trinajstić information content (AvgIpc) is 2.96. The third-order valence-corrected chi connectivity index (χ3v) is 5.30. The maximum Gasteiger partial charge on any atom is 0.308 e. The molecule has 132 valence electrons. The minimum atomic E-state index is -0.724. The van der Waals surface area contributed by atoms with Gasteiger partial charge < -0.3 is 18.9 Å². The van der Waals surface area contributed by atoms with Crippen molar-refractivity contribution in [3.8, 4) is 11.5 Å². The Morgan fingerprint density at radius 3 is 2.48 bits per heavy atom. The van der Waals surface area contributed by atoms with Gasteiger partial charge in [-0.15, -0.1) is 0 Å². The third kappa shape index (κ3) is 2.12. The lowest BCUT2D eigenvalue weighted by atomic mass is 9.67. The van der Waals surface area contributed by atoms with Crippen LogP contribution in [0.2, 0.25) is 0 Å². The van der Waals surface area contributed by atoms with Gasteiger partial charge in [0, 0.05) is 5.56 Å². The Labute approximate surface area is 144 Å². The van der Waals surface area contributed by atoms with Crippen molar-refractivity contribution < 1.29 is 33.3 Å². The zero-order valence-corrected chi connectivity index (χ0v) is 14.1. The van der Waals surface area contributed by atoms with Crippen molar-refractivity contribution in [1.82, 2.24) is 0 Å². The van der Waals surface area contributed by atoms with Gasteiger partial charge in [0.1, 0.15) is 12.2 Å². The standard InChI is InChI=1S/C18H18O7/c1-7-12-14(18-10(24-7)6-11(19)25-18)15(20)8-4-5-9(22-2)17(23-3)13(8)16(12)21/h4-5,7,10,12,14,18H,6H2,1-3H3/t7-,10-,12?,14?,18+/m1/s1. The number of ether oxygens (including phenoxy) is 4. The van der Waals surface area contributed by atoms with Crippen LogP contribution >= 0.6 is 0 Å². The Hall–Kier alpha value is -2.41. The number of ketones is 2. The zero-order chi connectivity index (χ0) is 17.9. The Bertz CT molecular complexity index is 784. The molecule has 2 aliphatic heterocycles. The normalized spacial score (nSPS) is 33.2. The van der Waals surface area contributed by atoms with E-state index in [1.807, 2.05) is 0 Å². The predicted octanol–water partition coefficient (Wildman–Crippen LogP) is 1.42. The van der Waals surface area contributed by atoms with Crippen LogP contribution in [0.3, 0.4) is 0 Å². The quantitative estimate of drug-likeness (QED) is 0.748. The van der Waals surface area contributed by atoms with Crippen molar-refractivity contribution >= 4 is 17.5 Å². The largest absolute Gasteiger partial charge is 0.493 e. The molecular formula is C18H18O7. The minimum Gasteiger partial charge on any atom is -0.493 e. The average molecular weight is 346 g/mol. The molecule has 2 saturated heterocycles. The van der Waals surface area contributed by atoms with Crippen molar-refractivity contribution in [2.24, 2.45) is 11.8 Å². The van der Waals surface area contributed by atoms with Crippen LogP contribution in [-0.2, 0) is 14.3 Å². The van der Waals surface area contributed by atoms with Gasteiger partial charge in [-0.1, -0.05) is 0 Å². The molecule has 5 atom stereocenters. The molecule has 7 nitrogen and oxygen atoms in total. The number of rotatable bonds is 2. The Balaban J connectivity index is 1.88. The molecule has 2 heterocycles. The third-order valence-electron chi connectivity index (χ3n) is 5.30. The van der Waals surface area contributed by atoms with E-state index >= 15 is 0 Å². The van der Waals surface area contributed by atoms with Crippen molar-refractivity contribution in [2.45, 2.75) is 31.7 Å². The Morgan fingerprint density at radius 1 is 1.04 bits per heavy atom. The summed E-state index contributed by atoms with van der Waals surface area (Å²) in [6.45, 7) is 1.75. The summed E-state index contributed by atoms with van der Waals surface area (Å²) in [5.41, 5.74) is 0.492. The lowest BCUT2D eigenvalue weighted by Gasteiger charge is -2.43. The second-order valence-corrected chi connectivity index (χ2v) is 6.54. The predicted molar refractivity (Wildman–Crippen MR) is 84.0 cm³/mol. The summed E-state index contributed by atoms with van der Waals surface area (Å²) in [5, 5.41) is 0. The molecule has 25 heavy (non-hydrogen) atoms. The van der Waals surface area contributed by atoms with Gasteiger partial charge in [-0.25, -0.2) is 0 Å². The number of carbonyl (C=O) groups is 3. The van der Waals surface area contributed by atoms with E-state index in [0.717, 1.165) is 0 Å². The van der Waals surface area contributed by atoms with Gasteiger partial charge in [-0.2, -0.15) is 0 Å². The van der Waals surface area contributed by atoms with Crippen LogP contribution in [-0.4, -0.2) is 50.1 Å². The van der Waals surface area contributed by atoms with Gasteiger partial charge in [0.25, 0.3) is 0 Å². The molecule has 0 spiro atoms. The van der Waals surface area contributed by atoms with Crippen LogP contribution < -0.4 is 9.47 Å². The number of benzene rings is 1. The summed E-state index contributed by atoms with van der Waals surface area (Å²) < 4.78 is 21.7. The van der Waals surface area contributed by atoms with E-state index in [4.69, 9.17) is 18.9 Å². The van der Waals surface area contributed by atoms with E-state index in [1.54, 1.807) is 19.1 Å². The molecule has 3 aliphatic rings. The SMILES string of the molecule is COc1ccc2c(c1OC)C(=O)C1C(C2=O)[C@H]2OC(=O)C[C@H]2O[C@@H]1C. The molecule has 2 fully saturated rings. The van der Waals surface area contributed by atoms with Crippen LogP contribution in [0.25, 0.3) is 0 Å². The molecule has 0 amide bonds. The van der Waals surface area contributed by atoms with E-state index in [-0.39, 0.29) is 34.9 Å². The molecule has 1 aromatic carbocycles. The highest BCUT2D eigenvalue weighted by Crippen LogP contribution is 2.47. The van der Waals surface area contributed by atoms with Crippen LogP contribution in [0.5, 0.6) is 11.5 Å². The van der Waals surface area contributed by atoms with Crippen molar-refractivity contribution in [2.75, 3.05) is 14.2 Å². The van der Waals surface area contributed by atoms with Crippen molar-refractivity contribution in [3.63, 3.8) is 0 Å². The number of fused-ring (bicyclic) bond motifs is 4. The fourth-order valence-electron chi connectivity index (χ4n) is 4.25. The van der Waals surface area contributed by atoms with E-state index in [2.05, 4.69) is 0 Å². The molecule has 0 saturated carbocycles. The first-order valence-electron chi connectivity index (χ1n) is 8.16. The zero-order valence-electron chi connectivity index (χ0n) is 14.1. The first kappa shape index (κ1) is 16.1. The fraction of sp³-hybridized carbons (Fsp3) is 0.500. The van der Waals surface area contributed by atoms with E-state index in [1.165, 1.54) is 14.2 Å². The highest BCUT2D eigenvalue weighted by molar-refractivity contribution is 6.18. The van der Waals surface area contributed by atoms with Gasteiger partial charge in [0.2, 0.25) is 0 Å². The molecule has 1 aliphatic carbocycles. The number of esters is 1. The highest BCUT2D eigenvalue weighted by Gasteiger charge is 2.58. The first-order chi connectivity index (χ1) is 12.0. The number of hydrogen-bond donors (Lipinski definition) is 0. The molecule has 4 rings (SSSR count). The lowest BCUT2D eigenvalue weighted by Crippen LogP contribution is -2.56. The maximum atomic E-state index is 13.2. The summed E-state index contributed by atoms with van der Waals surface area (Å²) in [6.07, 6.45) is -1.59. The first-order valence-corrected chi connectivity index (χ1v) is 8.16. The number of carbonyl (C=O) groups excluding carboxylic acids is 3. The van der Waals surface area contributed by atoms with E-state index in [0.29, 0.717) is 5.75 Å². The minimum absolute atomic E-state index is 0.110. The van der Waals surface area contributed by atoms with Crippen LogP contribution in [0.1, 0.15) is 34.1 Å². The second-order valence-electron chi connectivity index (χ2n) is 6.54. The molecule has 1 aromatic rings. The van der Waals surface area contributed by atoms with Gasteiger partial charge in [-0.05, 0) is 19.1 Å². The molecule has 0 aromatic heterocycles. The lowest BCUT2D eigenvalue weighted by molar-refractivity contribution is -0.153. The number of Topliss-reactive ketones (excluding diaryl/α,β-unsaturated/α-hetero) is 2. The van der Waals surface area contributed by atoms with E-state index < -0.39 is 36.1 Å². The summed E-state index contributed by atoms with van der Waals surface area (Å²) >= 11 is 0. The summed E-state index contributed by atoms with van der Waals surface area (Å²) in [7, 11) is 2.90. The van der Waals surface area contributed by atoms with Crippen molar-refractivity contribution in [1.29, 1.82) is 0 Å². The van der Waals surface area contributed by atoms with Crippen LogP contribution in [0.15, 0.2) is 12.1 Å². The van der Waals surface area contributed by atoms with Gasteiger partial charge in [0.15, 0.2) is 23.1 Å². The fourth-order valence-corrected chi connectivity index (χ4v) is 4.25. The second kappa shape index (κ2) is 5.56. The Kier molecular flexibility index (Phi) is 3.57. The molecule has 0 N–H and O–H groups in total. The molecule has 0 bridgehead atoms.